The Morgan fingerprint density at radius 2 is 2.44 bits per heavy atom. The molecular weight excluding hydrogens is 208 g/mol. The van der Waals surface area contributed by atoms with Gasteiger partial charge in [0.15, 0.2) is 0 Å². The smallest absolute Gasteiger partial charge is 0.297 e. The van der Waals surface area contributed by atoms with Crippen molar-refractivity contribution in [2.45, 2.75) is 39.0 Å². The van der Waals surface area contributed by atoms with E-state index in [0.29, 0.717) is 24.4 Å². The van der Waals surface area contributed by atoms with Gasteiger partial charge in [0.1, 0.15) is 12.0 Å². The highest BCUT2D eigenvalue weighted by Gasteiger charge is 2.28. The van der Waals surface area contributed by atoms with Gasteiger partial charge in [0.05, 0.1) is 25.4 Å². The van der Waals surface area contributed by atoms with Crippen LogP contribution < -0.4 is 4.90 Å². The van der Waals surface area contributed by atoms with Crippen molar-refractivity contribution in [1.29, 1.82) is 0 Å². The minimum atomic E-state index is -0.0831. The number of morpholine rings is 1. The molecule has 1 aromatic heterocycles. The number of aliphatic hydroxyl groups excluding tert-OH is 1. The topological polar surface area (TPSA) is 58.7 Å². The molecule has 0 aromatic carbocycles. The third kappa shape index (κ3) is 2.20. The summed E-state index contributed by atoms with van der Waals surface area (Å²) >= 11 is 0. The quantitative estimate of drug-likeness (QED) is 0.838. The second-order valence-corrected chi connectivity index (χ2v) is 4.14. The average molecular weight is 226 g/mol. The van der Waals surface area contributed by atoms with E-state index in [4.69, 9.17) is 14.3 Å². The number of rotatable bonds is 3. The van der Waals surface area contributed by atoms with Crippen LogP contribution in [-0.2, 0) is 11.3 Å². The Morgan fingerprint density at radius 1 is 1.62 bits per heavy atom. The number of anilines is 1. The number of oxazole rings is 1. The van der Waals surface area contributed by atoms with Crippen LogP contribution in [0.25, 0.3) is 0 Å². The fourth-order valence-corrected chi connectivity index (χ4v) is 1.92. The Bertz CT molecular complexity index is 340. The van der Waals surface area contributed by atoms with E-state index in [1.165, 1.54) is 6.26 Å². The van der Waals surface area contributed by atoms with Gasteiger partial charge >= 0.3 is 0 Å². The van der Waals surface area contributed by atoms with Crippen molar-refractivity contribution in [3.8, 4) is 0 Å². The molecule has 2 heterocycles. The fourth-order valence-electron chi connectivity index (χ4n) is 1.92. The van der Waals surface area contributed by atoms with Crippen molar-refractivity contribution in [2.75, 3.05) is 18.1 Å². The van der Waals surface area contributed by atoms with Crippen molar-refractivity contribution in [3.05, 3.63) is 12.0 Å². The normalized spacial score (nSPS) is 26.1. The van der Waals surface area contributed by atoms with Crippen LogP contribution in [0.5, 0.6) is 0 Å². The van der Waals surface area contributed by atoms with Gasteiger partial charge in [0.25, 0.3) is 6.01 Å². The Kier molecular flexibility index (Phi) is 3.46. The molecule has 0 radical (unpaired) electrons. The van der Waals surface area contributed by atoms with Gasteiger partial charge < -0.3 is 19.2 Å². The van der Waals surface area contributed by atoms with Gasteiger partial charge in [-0.1, -0.05) is 6.92 Å². The summed E-state index contributed by atoms with van der Waals surface area (Å²) in [4.78, 5) is 6.36. The molecule has 90 valence electrons. The third-order valence-corrected chi connectivity index (χ3v) is 2.89. The van der Waals surface area contributed by atoms with Crippen LogP contribution >= 0.6 is 0 Å². The molecule has 0 bridgehead atoms. The van der Waals surface area contributed by atoms with E-state index in [-0.39, 0.29) is 12.7 Å². The van der Waals surface area contributed by atoms with Crippen molar-refractivity contribution in [3.63, 3.8) is 0 Å². The van der Waals surface area contributed by atoms with E-state index >= 15 is 0 Å². The van der Waals surface area contributed by atoms with Crippen molar-refractivity contribution >= 4 is 6.01 Å². The number of hydrogen-bond acceptors (Lipinski definition) is 5. The predicted molar refractivity (Wildman–Crippen MR) is 59.3 cm³/mol. The highest BCUT2D eigenvalue weighted by molar-refractivity contribution is 5.30. The summed E-state index contributed by atoms with van der Waals surface area (Å²) in [5, 5.41) is 8.96. The summed E-state index contributed by atoms with van der Waals surface area (Å²) in [5.41, 5.74) is 0.573. The highest BCUT2D eigenvalue weighted by Crippen LogP contribution is 2.22. The number of hydrogen-bond donors (Lipinski definition) is 1. The molecule has 0 saturated carbocycles. The number of aliphatic hydroxyl groups is 1. The maximum absolute atomic E-state index is 8.96. The molecule has 0 amide bonds. The molecule has 2 atom stereocenters. The number of aromatic nitrogens is 1. The van der Waals surface area contributed by atoms with E-state index in [0.717, 1.165) is 13.0 Å². The lowest BCUT2D eigenvalue weighted by molar-refractivity contribution is 0.0278. The maximum Gasteiger partial charge on any atom is 0.297 e. The molecule has 1 N–H and O–H groups in total. The van der Waals surface area contributed by atoms with Crippen LogP contribution in [0.4, 0.5) is 6.01 Å². The minimum absolute atomic E-state index is 0.0831. The Labute approximate surface area is 95.0 Å². The molecule has 1 aliphatic rings. The van der Waals surface area contributed by atoms with Crippen molar-refractivity contribution < 1.29 is 14.3 Å². The lowest BCUT2D eigenvalue weighted by atomic mass is 10.1. The zero-order valence-corrected chi connectivity index (χ0v) is 9.72. The van der Waals surface area contributed by atoms with Crippen LogP contribution in [0.15, 0.2) is 10.7 Å². The van der Waals surface area contributed by atoms with Gasteiger partial charge in [0, 0.05) is 6.54 Å². The number of nitrogens with zero attached hydrogens (tertiary/aromatic N) is 2. The van der Waals surface area contributed by atoms with E-state index in [1.54, 1.807) is 0 Å². The molecule has 16 heavy (non-hydrogen) atoms. The molecule has 0 aliphatic carbocycles. The summed E-state index contributed by atoms with van der Waals surface area (Å²) in [5.74, 6) is 0. The Balaban J connectivity index is 2.15. The highest BCUT2D eigenvalue weighted by atomic mass is 16.5. The van der Waals surface area contributed by atoms with Crippen LogP contribution in [0.1, 0.15) is 26.0 Å². The average Bonchev–Trinajstić information content (AvgIpc) is 2.77. The third-order valence-electron chi connectivity index (χ3n) is 2.89. The standard InChI is InChI=1S/C11H18N2O3/c1-3-10-7-15-8(2)4-13(10)11-12-9(5-14)6-16-11/h6,8,10,14H,3-5,7H2,1-2H3. The number of ether oxygens (including phenoxy) is 1. The van der Waals surface area contributed by atoms with Gasteiger partial charge in [-0.3, -0.25) is 0 Å². The Hall–Kier alpha value is -1.07. The summed E-state index contributed by atoms with van der Waals surface area (Å²) in [6.07, 6.45) is 2.68. The molecule has 5 heteroatoms. The molecule has 2 rings (SSSR count). The van der Waals surface area contributed by atoms with Crippen LogP contribution in [0.2, 0.25) is 0 Å². The van der Waals surface area contributed by atoms with Crippen LogP contribution in [-0.4, -0.2) is 35.4 Å². The van der Waals surface area contributed by atoms with E-state index in [2.05, 4.69) is 16.8 Å². The Morgan fingerprint density at radius 3 is 3.06 bits per heavy atom. The second kappa shape index (κ2) is 4.84. The minimum Gasteiger partial charge on any atom is -0.432 e. The van der Waals surface area contributed by atoms with Crippen LogP contribution in [0.3, 0.4) is 0 Å². The van der Waals surface area contributed by atoms with Crippen molar-refractivity contribution in [2.24, 2.45) is 0 Å². The first-order chi connectivity index (χ1) is 7.74. The molecule has 1 aliphatic heterocycles. The SMILES string of the molecule is CCC1COC(C)CN1c1nc(CO)co1. The zero-order valence-electron chi connectivity index (χ0n) is 9.72. The first-order valence-corrected chi connectivity index (χ1v) is 5.68. The first kappa shape index (κ1) is 11.4. The largest absolute Gasteiger partial charge is 0.432 e. The van der Waals surface area contributed by atoms with Crippen molar-refractivity contribution in [1.82, 2.24) is 4.98 Å². The maximum atomic E-state index is 8.96. The summed E-state index contributed by atoms with van der Waals surface area (Å²) in [6.45, 7) is 5.56. The second-order valence-electron chi connectivity index (χ2n) is 4.14. The summed E-state index contributed by atoms with van der Waals surface area (Å²) in [7, 11) is 0. The molecule has 1 saturated heterocycles. The van der Waals surface area contributed by atoms with Gasteiger partial charge in [-0.2, -0.15) is 4.98 Å². The molecule has 2 unspecified atom stereocenters. The molecule has 0 spiro atoms. The summed E-state index contributed by atoms with van der Waals surface area (Å²) in [6, 6.07) is 0.896. The zero-order chi connectivity index (χ0) is 11.5. The van der Waals surface area contributed by atoms with E-state index in [9.17, 15) is 0 Å². The van der Waals surface area contributed by atoms with Gasteiger partial charge in [-0.25, -0.2) is 0 Å². The predicted octanol–water partition coefficient (Wildman–Crippen LogP) is 1.17. The molecule has 1 aromatic rings. The van der Waals surface area contributed by atoms with E-state index in [1.807, 2.05) is 6.92 Å². The molecule has 5 nitrogen and oxygen atoms in total. The van der Waals surface area contributed by atoms with Gasteiger partial charge in [-0.05, 0) is 13.3 Å². The summed E-state index contributed by atoms with van der Waals surface area (Å²) < 4.78 is 11.0. The van der Waals surface area contributed by atoms with Crippen LogP contribution in [0, 0.1) is 0 Å². The molecule has 1 fully saturated rings. The monoisotopic (exact) mass is 226 g/mol. The molecular formula is C11H18N2O3. The lowest BCUT2D eigenvalue weighted by Gasteiger charge is -2.37. The van der Waals surface area contributed by atoms with Gasteiger partial charge in [0.2, 0.25) is 0 Å². The fraction of sp³-hybridized carbons (Fsp3) is 0.727. The van der Waals surface area contributed by atoms with Gasteiger partial charge in [-0.15, -0.1) is 0 Å². The van der Waals surface area contributed by atoms with E-state index < -0.39 is 0 Å². The first-order valence-electron chi connectivity index (χ1n) is 5.68. The lowest BCUT2D eigenvalue weighted by Crippen LogP contribution is -2.48.